The standard InChI is InChI=1S/C4H7NO.2C2H5.Al.ClH/c1-3-4(6)5-2;2*1-2;;/h3H,1H2,2H3,(H,5,6);2*1H2,2H3;;1H/q;;;+1;/p-1. The van der Waals surface area contributed by atoms with Crippen LogP contribution in [0.25, 0.3) is 0 Å². The Morgan fingerprint density at radius 1 is 1.50 bits per heavy atom. The molecule has 0 rings (SSSR count). The van der Waals surface area contributed by atoms with Crippen molar-refractivity contribution in [3.05, 3.63) is 12.7 Å². The Morgan fingerprint density at radius 3 is 1.92 bits per heavy atom. The minimum Gasteiger partial charge on any atom is -1.00 e. The van der Waals surface area contributed by atoms with Crippen LogP contribution in [-0.4, -0.2) is 28.2 Å². The summed E-state index contributed by atoms with van der Waals surface area (Å²) in [6.07, 6.45) is 1.22. The molecule has 0 aliphatic carbocycles. The van der Waals surface area contributed by atoms with Crippen LogP contribution in [0.1, 0.15) is 13.8 Å². The van der Waals surface area contributed by atoms with Crippen molar-refractivity contribution in [2.24, 2.45) is 0 Å². The summed E-state index contributed by atoms with van der Waals surface area (Å²) in [5.74, 6) is -0.144. The fraction of sp³-hybridized carbons (Fsp3) is 0.625. The van der Waals surface area contributed by atoms with Gasteiger partial charge in [0.1, 0.15) is 0 Å². The van der Waals surface area contributed by atoms with E-state index in [2.05, 4.69) is 25.7 Å². The first-order chi connectivity index (χ1) is 5.22. The molecular formula is C8H17AlClNO. The van der Waals surface area contributed by atoms with E-state index in [9.17, 15) is 4.79 Å². The number of hydrogen-bond donors (Lipinski definition) is 1. The van der Waals surface area contributed by atoms with Crippen LogP contribution in [0.5, 0.6) is 0 Å². The SMILES string of the molecule is C=CC(=O)NC.C[CH2][Al+][CH2]C.[Cl-]. The number of carbonyl (C=O) groups is 1. The molecule has 0 aromatic rings. The summed E-state index contributed by atoms with van der Waals surface area (Å²) in [5.41, 5.74) is 0. The van der Waals surface area contributed by atoms with Gasteiger partial charge in [-0.1, -0.05) is 6.58 Å². The maximum Gasteiger partial charge on any atom is -1.00 e. The van der Waals surface area contributed by atoms with Gasteiger partial charge in [0.25, 0.3) is 0 Å². The summed E-state index contributed by atoms with van der Waals surface area (Å²) in [4.78, 5) is 9.95. The normalized spacial score (nSPS) is 6.25. The van der Waals surface area contributed by atoms with Gasteiger partial charge in [0.15, 0.2) is 0 Å². The molecule has 12 heavy (non-hydrogen) atoms. The van der Waals surface area contributed by atoms with Crippen molar-refractivity contribution >= 4 is 21.1 Å². The first-order valence-electron chi connectivity index (χ1n) is 3.88. The van der Waals surface area contributed by atoms with Gasteiger partial charge in [-0.25, -0.2) is 0 Å². The number of nitrogens with one attached hydrogen (secondary N) is 1. The Morgan fingerprint density at radius 2 is 1.92 bits per heavy atom. The molecule has 4 heteroatoms. The van der Waals surface area contributed by atoms with Crippen molar-refractivity contribution in [3.63, 3.8) is 0 Å². The van der Waals surface area contributed by atoms with Crippen molar-refractivity contribution in [2.75, 3.05) is 7.05 Å². The fourth-order valence-electron chi connectivity index (χ4n) is 0.391. The average Bonchev–Trinajstić information content (AvgIpc) is 2.06. The van der Waals surface area contributed by atoms with Crippen LogP contribution in [0.15, 0.2) is 12.7 Å². The van der Waals surface area contributed by atoms with Crippen molar-refractivity contribution in [1.82, 2.24) is 5.32 Å². The summed E-state index contributed by atoms with van der Waals surface area (Å²) in [5, 5.41) is 5.21. The molecule has 0 saturated heterocycles. The Bertz CT molecular complexity index is 107. The van der Waals surface area contributed by atoms with Gasteiger partial charge in [-0.15, -0.1) is 0 Å². The van der Waals surface area contributed by atoms with E-state index < -0.39 is 0 Å². The van der Waals surface area contributed by atoms with Gasteiger partial charge in [0.2, 0.25) is 5.91 Å². The maximum atomic E-state index is 9.95. The van der Waals surface area contributed by atoms with E-state index in [1.165, 1.54) is 16.6 Å². The predicted molar refractivity (Wildman–Crippen MR) is 51.0 cm³/mol. The molecule has 1 amide bonds. The fourth-order valence-corrected chi connectivity index (χ4v) is 0.968. The first-order valence-corrected chi connectivity index (χ1v) is 5.51. The molecule has 0 saturated carbocycles. The van der Waals surface area contributed by atoms with Gasteiger partial charge < -0.3 is 17.7 Å². The van der Waals surface area contributed by atoms with E-state index in [-0.39, 0.29) is 18.3 Å². The van der Waals surface area contributed by atoms with Gasteiger partial charge in [0, 0.05) is 7.05 Å². The van der Waals surface area contributed by atoms with Crippen molar-refractivity contribution in [1.29, 1.82) is 0 Å². The zero-order valence-electron chi connectivity index (χ0n) is 8.06. The summed E-state index contributed by atoms with van der Waals surface area (Å²) in [6, 6.07) is 0. The third kappa shape index (κ3) is 22.5. The van der Waals surface area contributed by atoms with E-state index in [1.807, 2.05) is 0 Å². The molecule has 0 radical (unpaired) electrons. The van der Waals surface area contributed by atoms with E-state index in [4.69, 9.17) is 0 Å². The third-order valence-corrected chi connectivity index (χ3v) is 2.16. The van der Waals surface area contributed by atoms with Crippen molar-refractivity contribution in [3.8, 4) is 0 Å². The second-order valence-corrected chi connectivity index (χ2v) is 4.13. The molecule has 0 aromatic carbocycles. The topological polar surface area (TPSA) is 29.1 Å². The van der Waals surface area contributed by atoms with Gasteiger partial charge >= 0.3 is 39.6 Å². The zero-order valence-corrected chi connectivity index (χ0v) is 9.97. The van der Waals surface area contributed by atoms with Gasteiger partial charge in [0.05, 0.1) is 0 Å². The average molecular weight is 206 g/mol. The van der Waals surface area contributed by atoms with Crippen LogP contribution in [0, 0.1) is 0 Å². The van der Waals surface area contributed by atoms with Gasteiger partial charge in [-0.05, 0) is 6.08 Å². The monoisotopic (exact) mass is 205 g/mol. The quantitative estimate of drug-likeness (QED) is 0.441. The third-order valence-electron chi connectivity index (χ3n) is 1.01. The second kappa shape index (κ2) is 17.2. The molecule has 2 nitrogen and oxygen atoms in total. The van der Waals surface area contributed by atoms with E-state index >= 15 is 0 Å². The summed E-state index contributed by atoms with van der Waals surface area (Å²) in [7, 11) is 1.56. The Kier molecular flexibility index (Phi) is 25.7. The molecule has 1 N–H and O–H groups in total. The number of rotatable bonds is 3. The molecule has 0 unspecified atom stereocenters. The van der Waals surface area contributed by atoms with E-state index in [0.717, 1.165) is 15.2 Å². The van der Waals surface area contributed by atoms with Crippen LogP contribution >= 0.6 is 0 Å². The molecule has 0 fully saturated rings. The van der Waals surface area contributed by atoms with E-state index in [0.29, 0.717) is 0 Å². The summed E-state index contributed by atoms with van der Waals surface area (Å²) >= 11 is 0.815. The second-order valence-electron chi connectivity index (χ2n) is 1.92. The Hall–Kier alpha value is 0.0325. The maximum absolute atomic E-state index is 9.95. The number of halogens is 1. The predicted octanol–water partition coefficient (Wildman–Crippen LogP) is -1.51. The molecule has 0 aromatic heterocycles. The Balaban J connectivity index is -0.000000126. The molecular weight excluding hydrogens is 189 g/mol. The number of hydrogen-bond acceptors (Lipinski definition) is 1. The summed E-state index contributed by atoms with van der Waals surface area (Å²) in [6.45, 7) is 7.72. The van der Waals surface area contributed by atoms with E-state index in [1.54, 1.807) is 7.05 Å². The molecule has 0 aliphatic rings. The van der Waals surface area contributed by atoms with Crippen LogP contribution in [0.2, 0.25) is 10.6 Å². The van der Waals surface area contributed by atoms with Gasteiger partial charge in [-0.3, -0.25) is 4.79 Å². The van der Waals surface area contributed by atoms with Crippen LogP contribution in [-0.2, 0) is 4.79 Å². The number of amides is 1. The van der Waals surface area contributed by atoms with Crippen LogP contribution in [0.4, 0.5) is 0 Å². The first kappa shape index (κ1) is 18.0. The van der Waals surface area contributed by atoms with Crippen LogP contribution < -0.4 is 17.7 Å². The van der Waals surface area contributed by atoms with Crippen molar-refractivity contribution in [2.45, 2.75) is 24.4 Å². The smallest absolute Gasteiger partial charge is 1.00 e. The number of carbonyl (C=O) groups excluding carboxylic acids is 1. The van der Waals surface area contributed by atoms with Crippen molar-refractivity contribution < 1.29 is 17.2 Å². The molecule has 70 valence electrons. The minimum absolute atomic E-state index is 0. The Labute approximate surface area is 87.9 Å². The largest absolute Gasteiger partial charge is 1.00 e. The molecule has 0 heterocycles. The summed E-state index contributed by atoms with van der Waals surface area (Å²) < 4.78 is 0. The minimum atomic E-state index is -0.144. The van der Waals surface area contributed by atoms with Crippen LogP contribution in [0.3, 0.4) is 0 Å². The van der Waals surface area contributed by atoms with Gasteiger partial charge in [-0.2, -0.15) is 0 Å². The zero-order chi connectivity index (χ0) is 9.11. The molecule has 0 atom stereocenters. The number of likely N-dealkylation sites (N-methyl/N-ethyl adjacent to an activating group) is 1. The molecule has 0 aliphatic heterocycles. The molecule has 0 bridgehead atoms. The molecule has 0 spiro atoms.